The van der Waals surface area contributed by atoms with Gasteiger partial charge in [-0.2, -0.15) is 5.10 Å². The number of carbonyl (C=O) groups is 1. The SMILES string of the molecule is CC1[C@H](c2ccccc2F)[C@@H](C(=O)N2Cc3nc(NCc4ccn(C)n4)ncc3C[C@H]2C)CCN1C. The molecule has 0 spiro atoms. The maximum absolute atomic E-state index is 14.9. The zero-order valence-electron chi connectivity index (χ0n) is 21.4. The minimum absolute atomic E-state index is 0.0251. The van der Waals surface area contributed by atoms with Crippen molar-refractivity contribution in [1.29, 1.82) is 0 Å². The Bertz CT molecular complexity index is 1240. The van der Waals surface area contributed by atoms with E-state index in [1.54, 1.807) is 10.7 Å². The Kier molecular flexibility index (Phi) is 6.75. The van der Waals surface area contributed by atoms with Gasteiger partial charge in [0.15, 0.2) is 0 Å². The summed E-state index contributed by atoms with van der Waals surface area (Å²) in [4.78, 5) is 27.4. The van der Waals surface area contributed by atoms with Crippen molar-refractivity contribution in [1.82, 2.24) is 29.5 Å². The number of aryl methyl sites for hydroxylation is 1. The maximum atomic E-state index is 14.9. The van der Waals surface area contributed by atoms with E-state index in [9.17, 15) is 9.18 Å². The van der Waals surface area contributed by atoms with Crippen LogP contribution in [0.3, 0.4) is 0 Å². The lowest BCUT2D eigenvalue weighted by Gasteiger charge is -2.45. The summed E-state index contributed by atoms with van der Waals surface area (Å²) in [7, 11) is 3.93. The molecular weight excluding hydrogens is 457 g/mol. The molecule has 1 unspecified atom stereocenters. The summed E-state index contributed by atoms with van der Waals surface area (Å²) in [6.07, 6.45) is 5.17. The van der Waals surface area contributed by atoms with Crippen molar-refractivity contribution in [2.24, 2.45) is 13.0 Å². The number of hydrogen-bond acceptors (Lipinski definition) is 6. The molecule has 0 aliphatic carbocycles. The first-order valence-corrected chi connectivity index (χ1v) is 12.6. The zero-order chi connectivity index (χ0) is 25.4. The lowest BCUT2D eigenvalue weighted by Crippen LogP contribution is -2.52. The average molecular weight is 492 g/mol. The van der Waals surface area contributed by atoms with Gasteiger partial charge in [-0.05, 0) is 63.5 Å². The highest BCUT2D eigenvalue weighted by atomic mass is 19.1. The van der Waals surface area contributed by atoms with E-state index in [4.69, 9.17) is 4.98 Å². The third-order valence-electron chi connectivity index (χ3n) is 7.82. The predicted molar refractivity (Wildman–Crippen MR) is 136 cm³/mol. The largest absolute Gasteiger partial charge is 0.348 e. The molecule has 4 heterocycles. The number of benzene rings is 1. The monoisotopic (exact) mass is 491 g/mol. The fourth-order valence-electron chi connectivity index (χ4n) is 5.65. The van der Waals surface area contributed by atoms with Crippen LogP contribution in [-0.4, -0.2) is 61.1 Å². The number of halogens is 1. The number of likely N-dealkylation sites (tertiary alicyclic amines) is 1. The van der Waals surface area contributed by atoms with E-state index in [-0.39, 0.29) is 35.6 Å². The summed E-state index contributed by atoms with van der Waals surface area (Å²) < 4.78 is 16.7. The van der Waals surface area contributed by atoms with Gasteiger partial charge in [-0.25, -0.2) is 14.4 Å². The van der Waals surface area contributed by atoms with Gasteiger partial charge in [0.05, 0.1) is 24.5 Å². The third kappa shape index (κ3) is 4.72. The van der Waals surface area contributed by atoms with Crippen LogP contribution in [0.5, 0.6) is 0 Å². The van der Waals surface area contributed by atoms with Gasteiger partial charge in [-0.1, -0.05) is 18.2 Å². The second-order valence-corrected chi connectivity index (χ2v) is 10.2. The number of amides is 1. The first kappa shape index (κ1) is 24.4. The van der Waals surface area contributed by atoms with Crippen molar-refractivity contribution < 1.29 is 9.18 Å². The molecule has 8 nitrogen and oxygen atoms in total. The Hall–Kier alpha value is -3.33. The van der Waals surface area contributed by atoms with E-state index >= 15 is 0 Å². The number of likely N-dealkylation sites (N-methyl/N-ethyl adjacent to an activating group) is 1. The van der Waals surface area contributed by atoms with Crippen LogP contribution in [0.4, 0.5) is 10.3 Å². The molecule has 1 fully saturated rings. The molecule has 1 saturated heterocycles. The number of anilines is 1. The highest BCUT2D eigenvalue weighted by molar-refractivity contribution is 5.81. The Morgan fingerprint density at radius 2 is 2.00 bits per heavy atom. The molecule has 36 heavy (non-hydrogen) atoms. The molecule has 0 saturated carbocycles. The van der Waals surface area contributed by atoms with E-state index in [0.29, 0.717) is 37.4 Å². The summed E-state index contributed by atoms with van der Waals surface area (Å²) in [6, 6.07) is 8.92. The normalized spacial score (nSPS) is 24.4. The number of piperidine rings is 1. The summed E-state index contributed by atoms with van der Waals surface area (Å²) in [5, 5.41) is 7.62. The van der Waals surface area contributed by atoms with E-state index in [2.05, 4.69) is 41.2 Å². The Morgan fingerprint density at radius 3 is 2.75 bits per heavy atom. The Balaban J connectivity index is 1.37. The summed E-state index contributed by atoms with van der Waals surface area (Å²) in [5.74, 6) is -0.106. The van der Waals surface area contributed by atoms with Crippen molar-refractivity contribution >= 4 is 11.9 Å². The number of nitrogens with one attached hydrogen (secondary N) is 1. The molecule has 0 radical (unpaired) electrons. The van der Waals surface area contributed by atoms with Crippen molar-refractivity contribution in [3.63, 3.8) is 0 Å². The van der Waals surface area contributed by atoms with Crippen molar-refractivity contribution in [3.8, 4) is 0 Å². The number of aromatic nitrogens is 4. The van der Waals surface area contributed by atoms with Gasteiger partial charge in [-0.3, -0.25) is 9.48 Å². The molecule has 3 aromatic rings. The number of carbonyl (C=O) groups excluding carboxylic acids is 1. The van der Waals surface area contributed by atoms with Gasteiger partial charge >= 0.3 is 0 Å². The van der Waals surface area contributed by atoms with Crippen LogP contribution in [0.2, 0.25) is 0 Å². The van der Waals surface area contributed by atoms with Gasteiger partial charge in [0.25, 0.3) is 0 Å². The highest BCUT2D eigenvalue weighted by Crippen LogP contribution is 2.40. The highest BCUT2D eigenvalue weighted by Gasteiger charge is 2.43. The first-order valence-electron chi connectivity index (χ1n) is 12.6. The average Bonchev–Trinajstić information content (AvgIpc) is 3.29. The molecule has 9 heteroatoms. The molecule has 2 aliphatic heterocycles. The van der Waals surface area contributed by atoms with Crippen LogP contribution in [0.25, 0.3) is 0 Å². The predicted octanol–water partition coefficient (Wildman–Crippen LogP) is 3.36. The molecule has 4 atom stereocenters. The van der Waals surface area contributed by atoms with Crippen LogP contribution >= 0.6 is 0 Å². The number of nitrogens with zero attached hydrogens (tertiary/aromatic N) is 6. The van der Waals surface area contributed by atoms with Gasteiger partial charge in [0.1, 0.15) is 5.82 Å². The van der Waals surface area contributed by atoms with E-state index in [1.807, 2.05) is 42.5 Å². The molecule has 1 aromatic carbocycles. The molecule has 1 N–H and O–H groups in total. The lowest BCUT2D eigenvalue weighted by atomic mass is 9.74. The molecule has 2 aliphatic rings. The maximum Gasteiger partial charge on any atom is 0.227 e. The van der Waals surface area contributed by atoms with Crippen LogP contribution in [0.1, 0.15) is 48.7 Å². The van der Waals surface area contributed by atoms with Crippen molar-refractivity contribution in [2.75, 3.05) is 18.9 Å². The topological polar surface area (TPSA) is 79.2 Å². The van der Waals surface area contributed by atoms with Crippen LogP contribution in [0.15, 0.2) is 42.7 Å². The van der Waals surface area contributed by atoms with E-state index < -0.39 is 0 Å². The number of fused-ring (bicyclic) bond motifs is 1. The minimum Gasteiger partial charge on any atom is -0.348 e. The molecule has 1 amide bonds. The van der Waals surface area contributed by atoms with Gasteiger partial charge in [0, 0.05) is 43.4 Å². The Morgan fingerprint density at radius 1 is 1.19 bits per heavy atom. The van der Waals surface area contributed by atoms with Gasteiger partial charge < -0.3 is 15.1 Å². The molecule has 5 rings (SSSR count). The van der Waals surface area contributed by atoms with Crippen LogP contribution in [-0.2, 0) is 31.4 Å². The van der Waals surface area contributed by atoms with Crippen LogP contribution in [0, 0.1) is 11.7 Å². The molecule has 190 valence electrons. The van der Waals surface area contributed by atoms with E-state index in [1.165, 1.54) is 6.07 Å². The minimum atomic E-state index is -0.277. The van der Waals surface area contributed by atoms with Gasteiger partial charge in [-0.15, -0.1) is 0 Å². The Labute approximate surface area is 211 Å². The lowest BCUT2D eigenvalue weighted by molar-refractivity contribution is -0.142. The van der Waals surface area contributed by atoms with E-state index in [0.717, 1.165) is 23.5 Å². The van der Waals surface area contributed by atoms with Crippen molar-refractivity contribution in [3.05, 3.63) is 71.1 Å². The standard InChI is InChI=1S/C27H34FN7O/c1-17-13-19-14-29-27(30-15-20-9-12-34(4)32-20)31-24(19)16-35(17)26(36)22-10-11-33(3)18(2)25(22)21-7-5-6-8-23(21)28/h5-9,12,14,17-18,22,25H,10-11,13,15-16H2,1-4H3,(H,29,30,31)/t17-,18?,22+,25-/m1/s1. The molecular formula is C27H34FN7O. The first-order chi connectivity index (χ1) is 17.3. The fraction of sp³-hybridized carbons (Fsp3) is 0.481. The quantitative estimate of drug-likeness (QED) is 0.590. The van der Waals surface area contributed by atoms with Crippen LogP contribution < -0.4 is 5.32 Å². The number of hydrogen-bond donors (Lipinski definition) is 1. The smallest absolute Gasteiger partial charge is 0.227 e. The molecule has 2 aromatic heterocycles. The number of rotatable bonds is 5. The summed E-state index contributed by atoms with van der Waals surface area (Å²) in [6.45, 7) is 5.94. The summed E-state index contributed by atoms with van der Waals surface area (Å²) in [5.41, 5.74) is 3.46. The summed E-state index contributed by atoms with van der Waals surface area (Å²) >= 11 is 0. The zero-order valence-corrected chi connectivity index (χ0v) is 21.4. The second kappa shape index (κ2) is 9.97. The second-order valence-electron chi connectivity index (χ2n) is 10.2. The third-order valence-corrected chi connectivity index (χ3v) is 7.82. The fourth-order valence-corrected chi connectivity index (χ4v) is 5.65. The van der Waals surface area contributed by atoms with Crippen molar-refractivity contribution in [2.45, 2.75) is 57.8 Å². The molecule has 0 bridgehead atoms. The van der Waals surface area contributed by atoms with Gasteiger partial charge in [0.2, 0.25) is 11.9 Å².